The Labute approximate surface area is 142 Å². The molecule has 0 radical (unpaired) electrons. The van der Waals surface area contributed by atoms with Crippen molar-refractivity contribution < 1.29 is 0 Å². The van der Waals surface area contributed by atoms with Gasteiger partial charge in [0.2, 0.25) is 0 Å². The van der Waals surface area contributed by atoms with Gasteiger partial charge in [0.15, 0.2) is 0 Å². The molecule has 1 aromatic carbocycles. The number of nitrogens with zero attached hydrogens (tertiary/aromatic N) is 1. The monoisotopic (exact) mass is 311 g/mol. The third-order valence-corrected chi connectivity index (χ3v) is 7.17. The fourth-order valence-electron chi connectivity index (χ4n) is 5.96. The van der Waals surface area contributed by atoms with E-state index in [9.17, 15) is 0 Å². The van der Waals surface area contributed by atoms with Gasteiger partial charge in [-0.25, -0.2) is 0 Å². The molecular formula is C22H33N. The SMILES string of the molecule is c1ccc(C2(N3CCCC4(CCCCC4)C3)CCCCC2)cc1. The van der Waals surface area contributed by atoms with Crippen molar-refractivity contribution in [2.24, 2.45) is 5.41 Å². The van der Waals surface area contributed by atoms with Crippen LogP contribution in [0.2, 0.25) is 0 Å². The van der Waals surface area contributed by atoms with Crippen LogP contribution in [0.3, 0.4) is 0 Å². The van der Waals surface area contributed by atoms with Gasteiger partial charge in [-0.15, -0.1) is 0 Å². The van der Waals surface area contributed by atoms with Gasteiger partial charge in [0.05, 0.1) is 0 Å². The third-order valence-electron chi connectivity index (χ3n) is 7.17. The molecule has 3 aliphatic rings. The highest BCUT2D eigenvalue weighted by atomic mass is 15.2. The molecular weight excluding hydrogens is 278 g/mol. The second-order valence-electron chi connectivity index (χ2n) is 8.54. The van der Waals surface area contributed by atoms with Crippen LogP contribution < -0.4 is 0 Å². The summed E-state index contributed by atoms with van der Waals surface area (Å²) in [6.07, 6.45) is 17.4. The number of likely N-dealkylation sites (tertiary alicyclic amines) is 1. The van der Waals surface area contributed by atoms with Gasteiger partial charge in [-0.2, -0.15) is 0 Å². The molecule has 0 bridgehead atoms. The van der Waals surface area contributed by atoms with E-state index >= 15 is 0 Å². The molecule has 1 aromatic rings. The van der Waals surface area contributed by atoms with E-state index in [0.717, 1.165) is 0 Å². The topological polar surface area (TPSA) is 3.24 Å². The van der Waals surface area contributed by atoms with Crippen molar-refractivity contribution in [1.82, 2.24) is 4.90 Å². The molecule has 1 aliphatic heterocycles. The van der Waals surface area contributed by atoms with Gasteiger partial charge in [-0.1, -0.05) is 68.9 Å². The number of piperidine rings is 1. The van der Waals surface area contributed by atoms with Gasteiger partial charge in [0, 0.05) is 12.1 Å². The van der Waals surface area contributed by atoms with Crippen LogP contribution in [-0.2, 0) is 5.54 Å². The van der Waals surface area contributed by atoms with Crippen LogP contribution in [0.4, 0.5) is 0 Å². The van der Waals surface area contributed by atoms with Gasteiger partial charge in [0.1, 0.15) is 0 Å². The quantitative estimate of drug-likeness (QED) is 0.658. The minimum absolute atomic E-state index is 0.352. The van der Waals surface area contributed by atoms with Crippen molar-refractivity contribution in [2.75, 3.05) is 13.1 Å². The summed E-state index contributed by atoms with van der Waals surface area (Å²) in [5, 5.41) is 0. The predicted octanol–water partition coefficient (Wildman–Crippen LogP) is 5.89. The van der Waals surface area contributed by atoms with E-state index in [0.29, 0.717) is 11.0 Å². The van der Waals surface area contributed by atoms with Crippen LogP contribution in [0.25, 0.3) is 0 Å². The summed E-state index contributed by atoms with van der Waals surface area (Å²) in [6.45, 7) is 2.71. The molecule has 1 heterocycles. The second kappa shape index (κ2) is 6.59. The predicted molar refractivity (Wildman–Crippen MR) is 97.5 cm³/mol. The van der Waals surface area contributed by atoms with E-state index in [1.807, 2.05) is 0 Å². The molecule has 0 aromatic heterocycles. The van der Waals surface area contributed by atoms with Crippen molar-refractivity contribution in [1.29, 1.82) is 0 Å². The molecule has 126 valence electrons. The Balaban J connectivity index is 1.63. The summed E-state index contributed by atoms with van der Waals surface area (Å²) >= 11 is 0. The molecule has 1 saturated heterocycles. The molecule has 0 amide bonds. The van der Waals surface area contributed by atoms with Crippen molar-refractivity contribution in [3.05, 3.63) is 35.9 Å². The molecule has 4 rings (SSSR count). The molecule has 23 heavy (non-hydrogen) atoms. The third kappa shape index (κ3) is 2.97. The van der Waals surface area contributed by atoms with Crippen LogP contribution in [0.5, 0.6) is 0 Å². The Bertz CT molecular complexity index is 488. The van der Waals surface area contributed by atoms with E-state index in [2.05, 4.69) is 35.2 Å². The summed E-state index contributed by atoms with van der Waals surface area (Å²) in [7, 11) is 0. The minimum Gasteiger partial charge on any atom is -0.293 e. The second-order valence-corrected chi connectivity index (χ2v) is 8.54. The normalized spacial score (nSPS) is 27.8. The number of hydrogen-bond donors (Lipinski definition) is 0. The maximum absolute atomic E-state index is 2.95. The average molecular weight is 312 g/mol. The Kier molecular flexibility index (Phi) is 4.50. The zero-order valence-corrected chi connectivity index (χ0v) is 14.7. The van der Waals surface area contributed by atoms with Gasteiger partial charge in [-0.3, -0.25) is 4.90 Å². The van der Waals surface area contributed by atoms with Crippen LogP contribution in [-0.4, -0.2) is 18.0 Å². The van der Waals surface area contributed by atoms with Crippen molar-refractivity contribution in [3.8, 4) is 0 Å². The van der Waals surface area contributed by atoms with Gasteiger partial charge < -0.3 is 0 Å². The Hall–Kier alpha value is -0.820. The van der Waals surface area contributed by atoms with E-state index in [1.54, 1.807) is 5.56 Å². The lowest BCUT2D eigenvalue weighted by Gasteiger charge is -2.54. The summed E-state index contributed by atoms with van der Waals surface area (Å²) in [6, 6.07) is 11.5. The van der Waals surface area contributed by atoms with Gasteiger partial charge >= 0.3 is 0 Å². The highest BCUT2D eigenvalue weighted by Crippen LogP contribution is 2.49. The maximum atomic E-state index is 2.95. The van der Waals surface area contributed by atoms with Gasteiger partial charge in [0.25, 0.3) is 0 Å². The Morgan fingerprint density at radius 1 is 0.652 bits per heavy atom. The lowest BCUT2D eigenvalue weighted by Crippen LogP contribution is -2.55. The summed E-state index contributed by atoms with van der Waals surface area (Å²) < 4.78 is 0. The molecule has 2 saturated carbocycles. The first-order valence-electron chi connectivity index (χ1n) is 10.1. The number of hydrogen-bond acceptors (Lipinski definition) is 1. The molecule has 1 nitrogen and oxygen atoms in total. The standard InChI is InChI=1S/C22H33N/c1-4-11-20(12-5-1)22(16-8-3-9-17-22)23-18-10-15-21(19-23)13-6-2-7-14-21/h1,4-5,11-12H,2-3,6-10,13-19H2. The molecule has 3 fully saturated rings. The van der Waals surface area contributed by atoms with Crippen molar-refractivity contribution in [2.45, 2.75) is 82.6 Å². The summed E-state index contributed by atoms with van der Waals surface area (Å²) in [5.74, 6) is 0. The minimum atomic E-state index is 0.352. The first-order chi connectivity index (χ1) is 11.3. The van der Waals surface area contributed by atoms with E-state index in [4.69, 9.17) is 0 Å². The van der Waals surface area contributed by atoms with E-state index < -0.39 is 0 Å². The maximum Gasteiger partial charge on any atom is 0.0460 e. The van der Waals surface area contributed by atoms with E-state index in [-0.39, 0.29) is 0 Å². The zero-order chi connectivity index (χ0) is 15.6. The van der Waals surface area contributed by atoms with Crippen LogP contribution in [0, 0.1) is 5.41 Å². The number of rotatable bonds is 2. The van der Waals surface area contributed by atoms with Crippen LogP contribution >= 0.6 is 0 Å². The fourth-order valence-corrected chi connectivity index (χ4v) is 5.96. The lowest BCUT2D eigenvalue weighted by molar-refractivity contribution is -0.0372. The largest absolute Gasteiger partial charge is 0.293 e. The molecule has 0 atom stereocenters. The molecule has 1 spiro atoms. The smallest absolute Gasteiger partial charge is 0.0460 e. The van der Waals surface area contributed by atoms with Gasteiger partial charge in [-0.05, 0) is 56.0 Å². The van der Waals surface area contributed by atoms with Crippen molar-refractivity contribution in [3.63, 3.8) is 0 Å². The van der Waals surface area contributed by atoms with Crippen LogP contribution in [0.15, 0.2) is 30.3 Å². The Morgan fingerprint density at radius 3 is 1.96 bits per heavy atom. The Morgan fingerprint density at radius 2 is 1.26 bits per heavy atom. The van der Waals surface area contributed by atoms with Crippen molar-refractivity contribution >= 4 is 0 Å². The number of benzene rings is 1. The average Bonchev–Trinajstić information content (AvgIpc) is 2.64. The molecule has 1 heteroatoms. The molecule has 2 aliphatic carbocycles. The molecule has 0 N–H and O–H groups in total. The molecule has 0 unspecified atom stereocenters. The first kappa shape index (κ1) is 15.7. The van der Waals surface area contributed by atoms with Crippen LogP contribution in [0.1, 0.15) is 82.6 Å². The summed E-state index contributed by atoms with van der Waals surface area (Å²) in [4.78, 5) is 2.95. The zero-order valence-electron chi connectivity index (χ0n) is 14.7. The highest BCUT2D eigenvalue weighted by Gasteiger charge is 2.45. The lowest BCUT2D eigenvalue weighted by atomic mass is 9.66. The van der Waals surface area contributed by atoms with E-state index in [1.165, 1.54) is 90.1 Å². The highest BCUT2D eigenvalue weighted by molar-refractivity contribution is 5.26. The first-order valence-corrected chi connectivity index (χ1v) is 10.1. The summed E-state index contributed by atoms with van der Waals surface area (Å²) in [5.41, 5.74) is 2.62. The fraction of sp³-hybridized carbons (Fsp3) is 0.727.